The third-order valence-corrected chi connectivity index (χ3v) is 4.70. The van der Waals surface area contributed by atoms with E-state index in [1.54, 1.807) is 6.20 Å². The third kappa shape index (κ3) is 5.60. The van der Waals surface area contributed by atoms with Crippen LogP contribution in [0.3, 0.4) is 0 Å². The molecule has 1 atom stereocenters. The Labute approximate surface area is 174 Å². The first kappa shape index (κ1) is 20.0. The summed E-state index contributed by atoms with van der Waals surface area (Å²) in [7, 11) is 0. The van der Waals surface area contributed by atoms with Gasteiger partial charge in [0.25, 0.3) is 0 Å². The van der Waals surface area contributed by atoms with E-state index in [1.807, 2.05) is 12.1 Å². The van der Waals surface area contributed by atoms with Crippen LogP contribution in [0.4, 0.5) is 5.69 Å². The second kappa shape index (κ2) is 10.0. The number of anilines is 1. The molecule has 1 fully saturated rings. The average molecular weight is 519 g/mol. The second-order valence-electron chi connectivity index (χ2n) is 5.80. The van der Waals surface area contributed by atoms with Crippen molar-refractivity contribution in [1.29, 1.82) is 0 Å². The molecule has 0 aliphatic carbocycles. The van der Waals surface area contributed by atoms with Crippen molar-refractivity contribution in [3.05, 3.63) is 46.7 Å². The molecular weight excluding hydrogens is 495 g/mol. The maximum atomic E-state index is 4.63. The smallest absolute Gasteiger partial charge is 0.191 e. The van der Waals surface area contributed by atoms with Gasteiger partial charge in [-0.25, -0.2) is 4.99 Å². The fourth-order valence-electron chi connectivity index (χ4n) is 2.86. The molecule has 2 aromatic rings. The predicted octanol–water partition coefficient (Wildman–Crippen LogP) is 3.12. The van der Waals surface area contributed by atoms with Crippen molar-refractivity contribution in [1.82, 2.24) is 20.8 Å². The first-order valence-electron chi connectivity index (χ1n) is 8.29. The van der Waals surface area contributed by atoms with Gasteiger partial charge in [-0.1, -0.05) is 12.1 Å². The molecule has 1 aromatic heterocycles. The number of aromatic nitrogens is 2. The lowest BCUT2D eigenvalue weighted by Gasteiger charge is -2.21. The maximum absolute atomic E-state index is 4.63. The van der Waals surface area contributed by atoms with Crippen LogP contribution in [0.15, 0.2) is 46.0 Å². The van der Waals surface area contributed by atoms with Crippen LogP contribution >= 0.6 is 39.9 Å². The van der Waals surface area contributed by atoms with Gasteiger partial charge in [0.15, 0.2) is 5.96 Å². The molecule has 2 heterocycles. The van der Waals surface area contributed by atoms with Crippen LogP contribution < -0.4 is 15.5 Å². The number of rotatable bonds is 5. The molecule has 1 aliphatic rings. The van der Waals surface area contributed by atoms with Crippen LogP contribution in [-0.2, 0) is 6.54 Å². The molecular formula is C17H24BrIN6. The van der Waals surface area contributed by atoms with Gasteiger partial charge < -0.3 is 15.5 Å². The van der Waals surface area contributed by atoms with Gasteiger partial charge >= 0.3 is 0 Å². The molecule has 1 aromatic carbocycles. The summed E-state index contributed by atoms with van der Waals surface area (Å²) < 4.78 is 1.14. The van der Waals surface area contributed by atoms with Gasteiger partial charge in [0.2, 0.25) is 0 Å². The number of aromatic amines is 1. The number of nitrogens with one attached hydrogen (secondary N) is 3. The van der Waals surface area contributed by atoms with E-state index in [0.717, 1.165) is 42.2 Å². The maximum Gasteiger partial charge on any atom is 0.191 e. The molecule has 0 spiro atoms. The molecule has 1 aliphatic heterocycles. The monoisotopic (exact) mass is 518 g/mol. The van der Waals surface area contributed by atoms with Crippen molar-refractivity contribution < 1.29 is 0 Å². The third-order valence-electron chi connectivity index (χ3n) is 4.03. The van der Waals surface area contributed by atoms with Crippen molar-refractivity contribution >= 4 is 51.6 Å². The van der Waals surface area contributed by atoms with Gasteiger partial charge in [0, 0.05) is 36.3 Å². The van der Waals surface area contributed by atoms with E-state index in [4.69, 9.17) is 0 Å². The topological polar surface area (TPSA) is 68.3 Å². The summed E-state index contributed by atoms with van der Waals surface area (Å²) in [6.07, 6.45) is 2.84. The summed E-state index contributed by atoms with van der Waals surface area (Å²) in [5.74, 6) is 0.853. The van der Waals surface area contributed by atoms with E-state index in [9.17, 15) is 0 Å². The average Bonchev–Trinajstić information content (AvgIpc) is 3.25. The minimum atomic E-state index is 0. The fourth-order valence-corrected chi connectivity index (χ4v) is 3.39. The van der Waals surface area contributed by atoms with Gasteiger partial charge in [-0.2, -0.15) is 5.10 Å². The Morgan fingerprint density at radius 2 is 2.24 bits per heavy atom. The normalized spacial score (nSPS) is 17.3. The quantitative estimate of drug-likeness (QED) is 0.323. The van der Waals surface area contributed by atoms with E-state index < -0.39 is 0 Å². The summed E-state index contributed by atoms with van der Waals surface area (Å²) in [6, 6.07) is 10.7. The van der Waals surface area contributed by atoms with E-state index >= 15 is 0 Å². The molecule has 136 valence electrons. The van der Waals surface area contributed by atoms with Crippen LogP contribution in [0.2, 0.25) is 0 Å². The fraction of sp³-hybridized carbons (Fsp3) is 0.412. The molecule has 0 amide bonds. The van der Waals surface area contributed by atoms with E-state index in [0.29, 0.717) is 12.6 Å². The zero-order valence-corrected chi connectivity index (χ0v) is 18.1. The highest BCUT2D eigenvalue weighted by molar-refractivity contribution is 14.0. The molecule has 0 radical (unpaired) electrons. The van der Waals surface area contributed by atoms with Gasteiger partial charge in [-0.15, -0.1) is 24.0 Å². The Kier molecular flexibility index (Phi) is 8.01. The standard InChI is InChI=1S/C17H23BrN6.HI/c1-2-19-17(20-11-13-7-9-21-23-13)22-14-8-10-24(12-14)16-6-4-3-5-15(16)18;/h3-7,9,14H,2,8,10-12H2,1H3,(H,21,23)(H2,19,20,22);1H. The Hall–Kier alpha value is -1.29. The highest BCUT2D eigenvalue weighted by Gasteiger charge is 2.24. The van der Waals surface area contributed by atoms with E-state index in [-0.39, 0.29) is 24.0 Å². The Morgan fingerprint density at radius 1 is 1.40 bits per heavy atom. The minimum Gasteiger partial charge on any atom is -0.368 e. The largest absolute Gasteiger partial charge is 0.368 e. The molecule has 6 nitrogen and oxygen atoms in total. The first-order chi connectivity index (χ1) is 11.8. The van der Waals surface area contributed by atoms with Crippen LogP contribution in [0.25, 0.3) is 0 Å². The molecule has 8 heteroatoms. The number of benzene rings is 1. The SMILES string of the molecule is CCNC(=NCc1ccn[nH]1)NC1CCN(c2ccccc2Br)C1.I. The number of hydrogen-bond acceptors (Lipinski definition) is 3. The molecule has 1 unspecified atom stereocenters. The molecule has 3 N–H and O–H groups in total. The lowest BCUT2D eigenvalue weighted by molar-refractivity contribution is 0.648. The molecule has 0 saturated carbocycles. The summed E-state index contributed by atoms with van der Waals surface area (Å²) in [6.45, 7) is 5.53. The lowest BCUT2D eigenvalue weighted by Crippen LogP contribution is -2.44. The molecule has 0 bridgehead atoms. The van der Waals surface area contributed by atoms with Crippen LogP contribution in [-0.4, -0.2) is 41.8 Å². The molecule has 25 heavy (non-hydrogen) atoms. The lowest BCUT2D eigenvalue weighted by atomic mass is 10.3. The van der Waals surface area contributed by atoms with Crippen molar-refractivity contribution in [2.24, 2.45) is 4.99 Å². The van der Waals surface area contributed by atoms with Gasteiger partial charge in [-0.05, 0) is 47.5 Å². The number of H-pyrrole nitrogens is 1. The number of hydrogen-bond donors (Lipinski definition) is 3. The van der Waals surface area contributed by atoms with Crippen molar-refractivity contribution in [3.63, 3.8) is 0 Å². The number of nitrogens with zero attached hydrogens (tertiary/aromatic N) is 3. The number of guanidine groups is 1. The van der Waals surface area contributed by atoms with Gasteiger partial charge in [0.1, 0.15) is 0 Å². The predicted molar refractivity (Wildman–Crippen MR) is 117 cm³/mol. The number of para-hydroxylation sites is 1. The van der Waals surface area contributed by atoms with Crippen LogP contribution in [0.1, 0.15) is 19.0 Å². The van der Waals surface area contributed by atoms with Crippen LogP contribution in [0, 0.1) is 0 Å². The highest BCUT2D eigenvalue weighted by Crippen LogP contribution is 2.28. The Bertz CT molecular complexity index is 676. The summed E-state index contributed by atoms with van der Waals surface area (Å²) in [5.41, 5.74) is 2.26. The van der Waals surface area contributed by atoms with Gasteiger partial charge in [-0.3, -0.25) is 5.10 Å². The van der Waals surface area contributed by atoms with E-state index in [2.05, 4.69) is 71.8 Å². The zero-order valence-electron chi connectivity index (χ0n) is 14.2. The Morgan fingerprint density at radius 3 is 2.96 bits per heavy atom. The zero-order chi connectivity index (χ0) is 16.8. The summed E-state index contributed by atoms with van der Waals surface area (Å²) in [5, 5.41) is 13.8. The van der Waals surface area contributed by atoms with Gasteiger partial charge in [0.05, 0.1) is 17.9 Å². The minimum absolute atomic E-state index is 0. The highest BCUT2D eigenvalue weighted by atomic mass is 127. The van der Waals surface area contributed by atoms with E-state index in [1.165, 1.54) is 5.69 Å². The molecule has 1 saturated heterocycles. The first-order valence-corrected chi connectivity index (χ1v) is 9.08. The van der Waals surface area contributed by atoms with Crippen molar-refractivity contribution in [2.75, 3.05) is 24.5 Å². The van der Waals surface area contributed by atoms with Crippen molar-refractivity contribution in [3.8, 4) is 0 Å². The van der Waals surface area contributed by atoms with Crippen LogP contribution in [0.5, 0.6) is 0 Å². The summed E-state index contributed by atoms with van der Waals surface area (Å²) in [4.78, 5) is 7.03. The number of aliphatic imine (C=N–C) groups is 1. The Balaban J connectivity index is 0.00000225. The second-order valence-corrected chi connectivity index (χ2v) is 6.66. The summed E-state index contributed by atoms with van der Waals surface area (Å²) >= 11 is 3.64. The number of halogens is 2. The molecule has 3 rings (SSSR count). The van der Waals surface area contributed by atoms with Crippen molar-refractivity contribution in [2.45, 2.75) is 25.9 Å².